The van der Waals surface area contributed by atoms with Crippen LogP contribution in [0.15, 0.2) is 30.5 Å². The van der Waals surface area contributed by atoms with Crippen LogP contribution in [-0.4, -0.2) is 17.1 Å². The first-order valence-corrected chi connectivity index (χ1v) is 6.14. The standard InChI is InChI=1S/C11H8ClIN2O2/c1-16-11-14-6-9(12)10(15-11)17-8-4-2-7(13)3-5-8/h2-6H,1H3. The molecule has 1 heterocycles. The summed E-state index contributed by atoms with van der Waals surface area (Å²) in [6, 6.07) is 7.76. The maximum atomic E-state index is 5.93. The minimum absolute atomic E-state index is 0.218. The van der Waals surface area contributed by atoms with E-state index in [0.29, 0.717) is 10.8 Å². The third-order valence-corrected chi connectivity index (χ3v) is 2.88. The van der Waals surface area contributed by atoms with Crippen LogP contribution in [0.25, 0.3) is 0 Å². The molecule has 0 aliphatic carbocycles. The normalized spacial score (nSPS) is 10.1. The van der Waals surface area contributed by atoms with E-state index in [-0.39, 0.29) is 11.9 Å². The summed E-state index contributed by atoms with van der Waals surface area (Å²) in [4.78, 5) is 7.89. The first-order chi connectivity index (χ1) is 8.19. The lowest BCUT2D eigenvalue weighted by atomic mass is 10.3. The fourth-order valence-electron chi connectivity index (χ4n) is 1.12. The van der Waals surface area contributed by atoms with Crippen molar-refractivity contribution in [3.8, 4) is 17.6 Å². The molecule has 0 N–H and O–H groups in total. The van der Waals surface area contributed by atoms with Gasteiger partial charge < -0.3 is 9.47 Å². The molecule has 0 saturated carbocycles. The molecule has 0 atom stereocenters. The van der Waals surface area contributed by atoms with Crippen molar-refractivity contribution in [2.24, 2.45) is 0 Å². The lowest BCUT2D eigenvalue weighted by Crippen LogP contribution is -1.95. The maximum absolute atomic E-state index is 5.93. The van der Waals surface area contributed by atoms with Gasteiger partial charge in [-0.25, -0.2) is 4.98 Å². The van der Waals surface area contributed by atoms with Crippen molar-refractivity contribution >= 4 is 34.2 Å². The van der Waals surface area contributed by atoms with E-state index in [0.717, 1.165) is 3.57 Å². The van der Waals surface area contributed by atoms with Crippen LogP contribution in [0.2, 0.25) is 5.02 Å². The van der Waals surface area contributed by atoms with Crippen LogP contribution in [0, 0.1) is 3.57 Å². The predicted octanol–water partition coefficient (Wildman–Crippen LogP) is 3.54. The van der Waals surface area contributed by atoms with Crippen molar-refractivity contribution in [2.75, 3.05) is 7.11 Å². The third-order valence-electron chi connectivity index (χ3n) is 1.90. The van der Waals surface area contributed by atoms with Gasteiger partial charge in [0.05, 0.1) is 13.3 Å². The summed E-state index contributed by atoms with van der Waals surface area (Å²) in [6.45, 7) is 0. The van der Waals surface area contributed by atoms with Crippen LogP contribution in [-0.2, 0) is 0 Å². The third kappa shape index (κ3) is 3.19. The van der Waals surface area contributed by atoms with Crippen LogP contribution in [0.1, 0.15) is 0 Å². The predicted molar refractivity (Wildman–Crippen MR) is 72.8 cm³/mol. The molecule has 0 saturated heterocycles. The van der Waals surface area contributed by atoms with E-state index in [1.54, 1.807) is 0 Å². The quantitative estimate of drug-likeness (QED) is 0.784. The number of hydrogen-bond acceptors (Lipinski definition) is 4. The molecule has 88 valence electrons. The SMILES string of the molecule is COc1ncc(Cl)c(Oc2ccc(I)cc2)n1. The Kier molecular flexibility index (Phi) is 4.01. The van der Waals surface area contributed by atoms with Crippen LogP contribution in [0.5, 0.6) is 17.6 Å². The molecule has 0 spiro atoms. The summed E-state index contributed by atoms with van der Waals surface area (Å²) in [5, 5.41) is 0.337. The van der Waals surface area contributed by atoms with Crippen molar-refractivity contribution in [3.63, 3.8) is 0 Å². The fraction of sp³-hybridized carbons (Fsp3) is 0.0909. The molecular formula is C11H8ClIN2O2. The molecule has 6 heteroatoms. The Morgan fingerprint density at radius 1 is 1.24 bits per heavy atom. The molecule has 1 aromatic carbocycles. The molecule has 0 aliphatic rings. The van der Waals surface area contributed by atoms with Gasteiger partial charge in [-0.2, -0.15) is 4.98 Å². The molecule has 2 aromatic rings. The molecular weight excluding hydrogens is 354 g/mol. The van der Waals surface area contributed by atoms with Gasteiger partial charge in [0, 0.05) is 3.57 Å². The zero-order valence-electron chi connectivity index (χ0n) is 8.85. The van der Waals surface area contributed by atoms with E-state index in [1.165, 1.54) is 13.3 Å². The van der Waals surface area contributed by atoms with E-state index >= 15 is 0 Å². The van der Waals surface area contributed by atoms with E-state index in [1.807, 2.05) is 24.3 Å². The number of nitrogens with zero attached hydrogens (tertiary/aromatic N) is 2. The van der Waals surface area contributed by atoms with Gasteiger partial charge in [0.1, 0.15) is 10.8 Å². The zero-order chi connectivity index (χ0) is 12.3. The molecule has 2 rings (SSSR count). The number of benzene rings is 1. The molecule has 0 aliphatic heterocycles. The number of ether oxygens (including phenoxy) is 2. The van der Waals surface area contributed by atoms with E-state index < -0.39 is 0 Å². The van der Waals surface area contributed by atoms with Crippen molar-refractivity contribution < 1.29 is 9.47 Å². The lowest BCUT2D eigenvalue weighted by molar-refractivity contribution is 0.366. The Balaban J connectivity index is 2.25. The highest BCUT2D eigenvalue weighted by atomic mass is 127. The molecule has 0 amide bonds. The summed E-state index contributed by atoms with van der Waals surface area (Å²) in [5.41, 5.74) is 0. The van der Waals surface area contributed by atoms with Crippen LogP contribution in [0.4, 0.5) is 0 Å². The van der Waals surface area contributed by atoms with Gasteiger partial charge in [-0.1, -0.05) is 11.6 Å². The number of rotatable bonds is 3. The molecule has 0 fully saturated rings. The number of methoxy groups -OCH3 is 1. The van der Waals surface area contributed by atoms with Crippen molar-refractivity contribution in [1.82, 2.24) is 9.97 Å². The van der Waals surface area contributed by atoms with Crippen LogP contribution in [0.3, 0.4) is 0 Å². The molecule has 0 radical (unpaired) electrons. The first-order valence-electron chi connectivity index (χ1n) is 4.69. The zero-order valence-corrected chi connectivity index (χ0v) is 11.8. The largest absolute Gasteiger partial charge is 0.467 e. The van der Waals surface area contributed by atoms with Gasteiger partial charge in [0.25, 0.3) is 0 Å². The molecule has 0 bridgehead atoms. The minimum atomic E-state index is 0.218. The highest BCUT2D eigenvalue weighted by molar-refractivity contribution is 14.1. The average molecular weight is 363 g/mol. The highest BCUT2D eigenvalue weighted by Gasteiger charge is 2.08. The van der Waals surface area contributed by atoms with Crippen molar-refractivity contribution in [2.45, 2.75) is 0 Å². The second-order valence-corrected chi connectivity index (χ2v) is 4.72. The smallest absolute Gasteiger partial charge is 0.319 e. The van der Waals surface area contributed by atoms with Gasteiger partial charge in [-0.3, -0.25) is 0 Å². The van der Waals surface area contributed by atoms with E-state index in [9.17, 15) is 0 Å². The Morgan fingerprint density at radius 2 is 1.94 bits per heavy atom. The summed E-state index contributed by atoms with van der Waals surface area (Å²) in [5.74, 6) is 0.938. The van der Waals surface area contributed by atoms with Crippen molar-refractivity contribution in [1.29, 1.82) is 0 Å². The van der Waals surface area contributed by atoms with Gasteiger partial charge >= 0.3 is 6.01 Å². The van der Waals surface area contributed by atoms with Gasteiger partial charge in [0.2, 0.25) is 5.88 Å². The van der Waals surface area contributed by atoms with Gasteiger partial charge in [-0.15, -0.1) is 0 Å². The Labute approximate surface area is 117 Å². The van der Waals surface area contributed by atoms with Crippen LogP contribution >= 0.6 is 34.2 Å². The number of hydrogen-bond donors (Lipinski definition) is 0. The number of aromatic nitrogens is 2. The summed E-state index contributed by atoms with van der Waals surface area (Å²) >= 11 is 8.15. The van der Waals surface area contributed by atoms with Crippen molar-refractivity contribution in [3.05, 3.63) is 39.1 Å². The monoisotopic (exact) mass is 362 g/mol. The fourth-order valence-corrected chi connectivity index (χ4v) is 1.61. The summed E-state index contributed by atoms with van der Waals surface area (Å²) in [6.07, 6.45) is 1.44. The van der Waals surface area contributed by atoms with E-state index in [2.05, 4.69) is 32.6 Å². The molecule has 1 aromatic heterocycles. The number of halogens is 2. The second kappa shape index (κ2) is 5.50. The topological polar surface area (TPSA) is 44.2 Å². The average Bonchev–Trinajstić information content (AvgIpc) is 2.35. The Hall–Kier alpha value is -1.08. The second-order valence-electron chi connectivity index (χ2n) is 3.07. The molecule has 0 unspecified atom stereocenters. The van der Waals surface area contributed by atoms with Gasteiger partial charge in [-0.05, 0) is 46.9 Å². The van der Waals surface area contributed by atoms with Crippen LogP contribution < -0.4 is 9.47 Å². The van der Waals surface area contributed by atoms with Gasteiger partial charge in [0.15, 0.2) is 0 Å². The molecule has 4 nitrogen and oxygen atoms in total. The first kappa shape index (κ1) is 12.4. The summed E-state index contributed by atoms with van der Waals surface area (Å²) in [7, 11) is 1.48. The lowest BCUT2D eigenvalue weighted by Gasteiger charge is -2.07. The Bertz CT molecular complexity index is 519. The highest BCUT2D eigenvalue weighted by Crippen LogP contribution is 2.28. The summed E-state index contributed by atoms with van der Waals surface area (Å²) < 4.78 is 11.6. The molecule has 17 heavy (non-hydrogen) atoms. The minimum Gasteiger partial charge on any atom is -0.467 e. The Morgan fingerprint density at radius 3 is 2.59 bits per heavy atom. The van der Waals surface area contributed by atoms with E-state index in [4.69, 9.17) is 21.1 Å². The maximum Gasteiger partial charge on any atom is 0.319 e.